The zero-order valence-corrected chi connectivity index (χ0v) is 18.8. The van der Waals surface area contributed by atoms with Gasteiger partial charge in [0.1, 0.15) is 0 Å². The van der Waals surface area contributed by atoms with Crippen molar-refractivity contribution < 1.29 is 4.79 Å². The molecular formula is C22H27ClN4OS. The van der Waals surface area contributed by atoms with Gasteiger partial charge in [-0.05, 0) is 57.4 Å². The van der Waals surface area contributed by atoms with Crippen LogP contribution in [-0.2, 0) is 11.3 Å². The van der Waals surface area contributed by atoms with Crippen molar-refractivity contribution >= 4 is 44.2 Å². The average Bonchev–Trinajstić information content (AvgIpc) is 3.28. The summed E-state index contributed by atoms with van der Waals surface area (Å²) in [6, 6.07) is 5.97. The van der Waals surface area contributed by atoms with Crippen LogP contribution >= 0.6 is 22.9 Å². The Hall–Kier alpha value is -1.92. The minimum Gasteiger partial charge on any atom is -0.286 e. The number of carbonyl (C=O) groups excluding carboxylic acids is 1. The van der Waals surface area contributed by atoms with Crippen molar-refractivity contribution in [1.29, 1.82) is 0 Å². The molecule has 0 N–H and O–H groups in total. The summed E-state index contributed by atoms with van der Waals surface area (Å²) in [5.41, 5.74) is 3.97. The Kier molecular flexibility index (Phi) is 5.93. The van der Waals surface area contributed by atoms with Crippen LogP contribution in [0.3, 0.4) is 0 Å². The third kappa shape index (κ3) is 4.19. The molecule has 4 rings (SSSR count). The molecule has 154 valence electrons. The first-order valence-corrected chi connectivity index (χ1v) is 11.5. The summed E-state index contributed by atoms with van der Waals surface area (Å²) < 4.78 is 3.04. The molecule has 1 fully saturated rings. The number of hydrogen-bond acceptors (Lipinski definition) is 4. The molecule has 2 aromatic heterocycles. The molecule has 2 heterocycles. The molecule has 0 spiro atoms. The zero-order chi connectivity index (χ0) is 20.5. The number of aryl methyl sites for hydroxylation is 3. The van der Waals surface area contributed by atoms with E-state index in [4.69, 9.17) is 16.6 Å². The number of halogens is 1. The van der Waals surface area contributed by atoms with Crippen molar-refractivity contribution in [2.45, 2.75) is 59.4 Å². The van der Waals surface area contributed by atoms with Gasteiger partial charge in [0, 0.05) is 23.2 Å². The maximum atomic E-state index is 13.5. The minimum atomic E-state index is 0.0981. The van der Waals surface area contributed by atoms with Crippen molar-refractivity contribution in [2.75, 3.05) is 11.4 Å². The Balaban J connectivity index is 1.66. The van der Waals surface area contributed by atoms with Crippen LogP contribution < -0.4 is 4.90 Å². The van der Waals surface area contributed by atoms with Crippen molar-refractivity contribution in [3.63, 3.8) is 0 Å². The maximum absolute atomic E-state index is 13.5. The Bertz CT molecular complexity index is 1040. The number of benzene rings is 1. The fourth-order valence-electron chi connectivity index (χ4n) is 4.17. The molecule has 1 aliphatic rings. The maximum Gasteiger partial charge on any atom is 0.231 e. The molecule has 0 atom stereocenters. The molecular weight excluding hydrogens is 404 g/mol. The molecule has 3 aromatic rings. The number of nitrogens with zero attached hydrogens (tertiary/aromatic N) is 4. The van der Waals surface area contributed by atoms with Crippen molar-refractivity contribution in [2.24, 2.45) is 5.92 Å². The summed E-state index contributed by atoms with van der Waals surface area (Å²) in [5.74, 6) is 0.301. The number of aromatic nitrogens is 3. The van der Waals surface area contributed by atoms with E-state index >= 15 is 0 Å². The Morgan fingerprint density at radius 3 is 2.69 bits per heavy atom. The van der Waals surface area contributed by atoms with Crippen LogP contribution in [0.2, 0.25) is 5.02 Å². The Labute approximate surface area is 180 Å². The smallest absolute Gasteiger partial charge is 0.231 e. The van der Waals surface area contributed by atoms with Gasteiger partial charge in [0.15, 0.2) is 5.13 Å². The Morgan fingerprint density at radius 2 is 2.00 bits per heavy atom. The summed E-state index contributed by atoms with van der Waals surface area (Å²) in [4.78, 5) is 20.2. The van der Waals surface area contributed by atoms with Gasteiger partial charge >= 0.3 is 0 Å². The topological polar surface area (TPSA) is 51.0 Å². The third-order valence-corrected chi connectivity index (χ3v) is 7.28. The standard InChI is InChI=1S/C22H27ClN4OS/c1-14-13-15(2)27(25-14)12-11-26(21(28)17-7-5-4-6-8-17)22-24-20-16(3)18(23)9-10-19(20)29-22/h9-10,13,17H,4-8,11-12H2,1-3H3. The second kappa shape index (κ2) is 8.44. The normalized spacial score (nSPS) is 15.2. The predicted molar refractivity (Wildman–Crippen MR) is 120 cm³/mol. The van der Waals surface area contributed by atoms with Crippen LogP contribution in [0.15, 0.2) is 18.2 Å². The van der Waals surface area contributed by atoms with Crippen molar-refractivity contribution in [1.82, 2.24) is 14.8 Å². The van der Waals surface area contributed by atoms with E-state index in [-0.39, 0.29) is 11.8 Å². The fourth-order valence-corrected chi connectivity index (χ4v) is 5.38. The molecule has 0 bridgehead atoms. The number of carbonyl (C=O) groups is 1. The molecule has 0 aliphatic heterocycles. The molecule has 5 nitrogen and oxygen atoms in total. The van der Waals surface area contributed by atoms with Crippen LogP contribution in [0.5, 0.6) is 0 Å². The van der Waals surface area contributed by atoms with Gasteiger partial charge in [0.05, 0.1) is 22.5 Å². The summed E-state index contributed by atoms with van der Waals surface area (Å²) in [6.45, 7) is 7.26. The summed E-state index contributed by atoms with van der Waals surface area (Å²) in [6.07, 6.45) is 5.46. The van der Waals surface area contributed by atoms with Gasteiger partial charge in [-0.2, -0.15) is 5.10 Å². The monoisotopic (exact) mass is 430 g/mol. The predicted octanol–water partition coefficient (Wildman–Crippen LogP) is 5.68. The average molecular weight is 431 g/mol. The number of rotatable bonds is 5. The van der Waals surface area contributed by atoms with E-state index in [0.29, 0.717) is 18.1 Å². The van der Waals surface area contributed by atoms with E-state index in [1.165, 1.54) is 6.42 Å². The van der Waals surface area contributed by atoms with Crippen LogP contribution in [0.25, 0.3) is 10.2 Å². The largest absolute Gasteiger partial charge is 0.286 e. The highest BCUT2D eigenvalue weighted by atomic mass is 35.5. The van der Waals surface area contributed by atoms with Crippen molar-refractivity contribution in [3.05, 3.63) is 40.2 Å². The molecule has 1 saturated carbocycles. The van der Waals surface area contributed by atoms with Gasteiger partial charge in [-0.25, -0.2) is 4.98 Å². The quantitative estimate of drug-likeness (QED) is 0.522. The van der Waals surface area contributed by atoms with E-state index < -0.39 is 0 Å². The summed E-state index contributed by atoms with van der Waals surface area (Å²) >= 11 is 7.86. The van der Waals surface area contributed by atoms with Gasteiger partial charge in [-0.3, -0.25) is 14.4 Å². The molecule has 0 radical (unpaired) electrons. The number of fused-ring (bicyclic) bond motifs is 1. The van der Waals surface area contributed by atoms with Gasteiger partial charge in [0.25, 0.3) is 0 Å². The second-order valence-electron chi connectivity index (χ2n) is 7.99. The van der Waals surface area contributed by atoms with E-state index in [0.717, 1.165) is 58.0 Å². The van der Waals surface area contributed by atoms with E-state index in [9.17, 15) is 4.79 Å². The van der Waals surface area contributed by atoms with E-state index in [1.807, 2.05) is 35.6 Å². The molecule has 0 unspecified atom stereocenters. The molecule has 7 heteroatoms. The molecule has 29 heavy (non-hydrogen) atoms. The highest BCUT2D eigenvalue weighted by Gasteiger charge is 2.29. The number of hydrogen-bond donors (Lipinski definition) is 0. The van der Waals surface area contributed by atoms with Gasteiger partial charge in [-0.15, -0.1) is 0 Å². The minimum absolute atomic E-state index is 0.0981. The second-order valence-corrected chi connectivity index (χ2v) is 9.41. The van der Waals surface area contributed by atoms with Crippen molar-refractivity contribution in [3.8, 4) is 0 Å². The van der Waals surface area contributed by atoms with Gasteiger partial charge in [-0.1, -0.05) is 42.2 Å². The summed E-state index contributed by atoms with van der Waals surface area (Å²) in [5, 5.41) is 6.04. The highest BCUT2D eigenvalue weighted by Crippen LogP contribution is 2.35. The zero-order valence-electron chi connectivity index (χ0n) is 17.2. The Morgan fingerprint density at radius 1 is 1.24 bits per heavy atom. The molecule has 1 amide bonds. The fraction of sp³-hybridized carbons (Fsp3) is 0.500. The lowest BCUT2D eigenvalue weighted by Crippen LogP contribution is -2.39. The molecule has 0 saturated heterocycles. The number of anilines is 1. The highest BCUT2D eigenvalue weighted by molar-refractivity contribution is 7.22. The first-order valence-electron chi connectivity index (χ1n) is 10.3. The lowest BCUT2D eigenvalue weighted by Gasteiger charge is -2.27. The van der Waals surface area contributed by atoms with Crippen LogP contribution in [-0.4, -0.2) is 27.2 Å². The van der Waals surface area contributed by atoms with E-state index in [2.05, 4.69) is 18.1 Å². The third-order valence-electron chi connectivity index (χ3n) is 5.83. The number of thiazole rings is 1. The summed E-state index contributed by atoms with van der Waals surface area (Å²) in [7, 11) is 0. The van der Waals surface area contributed by atoms with Crippen LogP contribution in [0, 0.1) is 26.7 Å². The first-order chi connectivity index (χ1) is 13.9. The lowest BCUT2D eigenvalue weighted by molar-refractivity contribution is -0.123. The number of amides is 1. The molecule has 1 aliphatic carbocycles. The first kappa shape index (κ1) is 20.4. The van der Waals surface area contributed by atoms with Gasteiger partial charge < -0.3 is 0 Å². The van der Waals surface area contributed by atoms with Crippen LogP contribution in [0.1, 0.15) is 49.1 Å². The molecule has 1 aromatic carbocycles. The van der Waals surface area contributed by atoms with Gasteiger partial charge in [0.2, 0.25) is 5.91 Å². The lowest BCUT2D eigenvalue weighted by atomic mass is 9.88. The van der Waals surface area contributed by atoms with E-state index in [1.54, 1.807) is 11.3 Å². The van der Waals surface area contributed by atoms with Crippen LogP contribution in [0.4, 0.5) is 5.13 Å². The SMILES string of the molecule is Cc1cc(C)n(CCN(C(=O)C2CCCCC2)c2nc3c(C)c(Cl)ccc3s2)n1.